The summed E-state index contributed by atoms with van der Waals surface area (Å²) in [6, 6.07) is 1.51. The summed E-state index contributed by atoms with van der Waals surface area (Å²) in [5.41, 5.74) is 0. The smallest absolute Gasteiger partial charge is 0.310 e. The minimum atomic E-state index is -0.139. The van der Waals surface area contributed by atoms with Gasteiger partial charge in [-0.05, 0) is 27.1 Å². The van der Waals surface area contributed by atoms with Gasteiger partial charge in [0, 0.05) is 13.6 Å². The predicted octanol–water partition coefficient (Wildman–Crippen LogP) is 0.768. The number of anilines is 1. The molecule has 0 aromatic carbocycles. The number of rotatable bonds is 5. The molecule has 0 aliphatic carbocycles. The Morgan fingerprint density at radius 3 is 2.57 bits per heavy atom. The highest BCUT2D eigenvalue weighted by atomic mass is 16.5. The lowest BCUT2D eigenvalue weighted by Crippen LogP contribution is -2.23. The second-order valence-electron chi connectivity index (χ2n) is 3.60. The molecule has 1 aromatic heterocycles. The van der Waals surface area contributed by atoms with E-state index in [0.29, 0.717) is 5.82 Å². The Hall–Kier alpha value is -1.23. The fraction of sp³-hybridized carbons (Fsp3) is 0.667. The van der Waals surface area contributed by atoms with E-state index < -0.39 is 0 Å². The summed E-state index contributed by atoms with van der Waals surface area (Å²) >= 11 is 0. The van der Waals surface area contributed by atoms with Crippen molar-refractivity contribution in [2.24, 2.45) is 0 Å². The molecular weight excluding hydrogens is 182 g/mol. The molecule has 1 N–H and O–H groups in total. The SMILES string of the molecule is CN(C)CCCN(C)c1cc(O)on1. The lowest BCUT2D eigenvalue weighted by Gasteiger charge is -2.16. The standard InChI is InChI=1S/C9H17N3O2/c1-11(2)5-4-6-12(3)8-7-9(13)14-10-8/h7,13H,4-6H2,1-3H3. The van der Waals surface area contributed by atoms with Crippen LogP contribution in [-0.4, -0.2) is 49.4 Å². The summed E-state index contributed by atoms with van der Waals surface area (Å²) < 4.78 is 4.57. The number of nitrogens with zero attached hydrogens (tertiary/aromatic N) is 3. The molecule has 0 bridgehead atoms. The van der Waals surface area contributed by atoms with E-state index in [1.54, 1.807) is 0 Å². The van der Waals surface area contributed by atoms with Crippen LogP contribution in [0.15, 0.2) is 10.6 Å². The summed E-state index contributed by atoms with van der Waals surface area (Å²) in [6.07, 6.45) is 1.05. The third kappa shape index (κ3) is 3.26. The first kappa shape index (κ1) is 10.8. The molecule has 80 valence electrons. The van der Waals surface area contributed by atoms with Crippen molar-refractivity contribution in [3.05, 3.63) is 6.07 Å². The number of aromatic hydroxyl groups is 1. The number of aromatic nitrogens is 1. The zero-order chi connectivity index (χ0) is 10.6. The van der Waals surface area contributed by atoms with Crippen LogP contribution in [0.2, 0.25) is 0 Å². The summed E-state index contributed by atoms with van der Waals surface area (Å²) in [5.74, 6) is 0.528. The van der Waals surface area contributed by atoms with Gasteiger partial charge >= 0.3 is 5.95 Å². The quantitative estimate of drug-likeness (QED) is 0.759. The molecule has 1 heterocycles. The average molecular weight is 199 g/mol. The van der Waals surface area contributed by atoms with Gasteiger partial charge in [0.1, 0.15) is 0 Å². The third-order valence-electron chi connectivity index (χ3n) is 1.98. The molecule has 0 aliphatic rings. The summed E-state index contributed by atoms with van der Waals surface area (Å²) in [4.78, 5) is 4.08. The first-order valence-corrected chi connectivity index (χ1v) is 4.61. The van der Waals surface area contributed by atoms with Crippen molar-refractivity contribution in [1.29, 1.82) is 0 Å². The third-order valence-corrected chi connectivity index (χ3v) is 1.98. The fourth-order valence-electron chi connectivity index (χ4n) is 1.18. The second-order valence-corrected chi connectivity index (χ2v) is 3.60. The van der Waals surface area contributed by atoms with Crippen LogP contribution in [0.1, 0.15) is 6.42 Å². The van der Waals surface area contributed by atoms with E-state index in [-0.39, 0.29) is 5.95 Å². The van der Waals surface area contributed by atoms with Crippen molar-refractivity contribution in [3.8, 4) is 5.95 Å². The van der Waals surface area contributed by atoms with Crippen molar-refractivity contribution in [3.63, 3.8) is 0 Å². The van der Waals surface area contributed by atoms with Crippen LogP contribution in [0.5, 0.6) is 5.95 Å². The lowest BCUT2D eigenvalue weighted by molar-refractivity contribution is 0.278. The van der Waals surface area contributed by atoms with Crippen molar-refractivity contribution >= 4 is 5.82 Å². The Morgan fingerprint density at radius 1 is 1.36 bits per heavy atom. The predicted molar refractivity (Wildman–Crippen MR) is 54.6 cm³/mol. The van der Waals surface area contributed by atoms with E-state index in [2.05, 4.69) is 14.6 Å². The van der Waals surface area contributed by atoms with E-state index in [1.165, 1.54) is 6.07 Å². The highest BCUT2D eigenvalue weighted by Gasteiger charge is 2.06. The molecule has 1 rings (SSSR count). The van der Waals surface area contributed by atoms with Gasteiger partial charge in [0.2, 0.25) is 0 Å². The molecule has 0 saturated carbocycles. The van der Waals surface area contributed by atoms with Crippen molar-refractivity contribution in [2.75, 3.05) is 39.1 Å². The average Bonchev–Trinajstić information content (AvgIpc) is 2.51. The van der Waals surface area contributed by atoms with Crippen LogP contribution < -0.4 is 4.90 Å². The zero-order valence-electron chi connectivity index (χ0n) is 8.90. The van der Waals surface area contributed by atoms with Crippen LogP contribution in [0.25, 0.3) is 0 Å². The lowest BCUT2D eigenvalue weighted by atomic mass is 10.4. The molecule has 0 atom stereocenters. The first-order chi connectivity index (χ1) is 6.59. The van der Waals surface area contributed by atoms with Crippen LogP contribution in [0, 0.1) is 0 Å². The van der Waals surface area contributed by atoms with Crippen molar-refractivity contribution < 1.29 is 9.63 Å². The van der Waals surface area contributed by atoms with Gasteiger partial charge in [-0.2, -0.15) is 0 Å². The van der Waals surface area contributed by atoms with Gasteiger partial charge in [0.25, 0.3) is 0 Å². The molecule has 14 heavy (non-hydrogen) atoms. The Bertz CT molecular complexity index is 273. The minimum absolute atomic E-state index is 0.139. The van der Waals surface area contributed by atoms with E-state index in [0.717, 1.165) is 19.5 Å². The maximum absolute atomic E-state index is 8.95. The van der Waals surface area contributed by atoms with Gasteiger partial charge in [0.05, 0.1) is 6.07 Å². The summed E-state index contributed by atoms with van der Waals surface area (Å²) in [6.45, 7) is 1.93. The molecular formula is C9H17N3O2. The fourth-order valence-corrected chi connectivity index (χ4v) is 1.18. The van der Waals surface area contributed by atoms with E-state index in [1.807, 2.05) is 26.0 Å². The first-order valence-electron chi connectivity index (χ1n) is 4.61. The normalized spacial score (nSPS) is 10.9. The van der Waals surface area contributed by atoms with Crippen LogP contribution in [-0.2, 0) is 0 Å². The molecule has 0 fully saturated rings. The number of hydrogen-bond acceptors (Lipinski definition) is 5. The zero-order valence-corrected chi connectivity index (χ0v) is 8.90. The topological polar surface area (TPSA) is 52.7 Å². The van der Waals surface area contributed by atoms with Crippen LogP contribution >= 0.6 is 0 Å². The summed E-state index contributed by atoms with van der Waals surface area (Å²) in [5, 5.41) is 12.7. The van der Waals surface area contributed by atoms with E-state index in [4.69, 9.17) is 5.11 Å². The van der Waals surface area contributed by atoms with Gasteiger partial charge in [0.15, 0.2) is 5.82 Å². The highest BCUT2D eigenvalue weighted by molar-refractivity contribution is 5.38. The Morgan fingerprint density at radius 2 is 2.07 bits per heavy atom. The highest BCUT2D eigenvalue weighted by Crippen LogP contribution is 2.17. The van der Waals surface area contributed by atoms with Crippen LogP contribution in [0.4, 0.5) is 5.82 Å². The molecule has 0 spiro atoms. The Kier molecular flexibility index (Phi) is 3.76. The molecule has 0 unspecified atom stereocenters. The maximum Gasteiger partial charge on any atom is 0.310 e. The maximum atomic E-state index is 8.95. The van der Waals surface area contributed by atoms with E-state index >= 15 is 0 Å². The second kappa shape index (κ2) is 4.85. The Labute approximate surface area is 83.9 Å². The number of hydrogen-bond donors (Lipinski definition) is 1. The van der Waals surface area contributed by atoms with Gasteiger partial charge in [-0.1, -0.05) is 5.16 Å². The molecule has 0 saturated heterocycles. The van der Waals surface area contributed by atoms with Gasteiger partial charge < -0.3 is 19.4 Å². The molecule has 0 aliphatic heterocycles. The monoisotopic (exact) mass is 199 g/mol. The van der Waals surface area contributed by atoms with Crippen LogP contribution in [0.3, 0.4) is 0 Å². The van der Waals surface area contributed by atoms with Crippen molar-refractivity contribution in [2.45, 2.75) is 6.42 Å². The Balaban J connectivity index is 2.32. The minimum Gasteiger partial charge on any atom is -0.479 e. The van der Waals surface area contributed by atoms with Gasteiger partial charge in [-0.15, -0.1) is 0 Å². The van der Waals surface area contributed by atoms with E-state index in [9.17, 15) is 0 Å². The largest absolute Gasteiger partial charge is 0.479 e. The molecule has 1 aromatic rings. The summed E-state index contributed by atoms with van der Waals surface area (Å²) in [7, 11) is 6.01. The van der Waals surface area contributed by atoms with Gasteiger partial charge in [-0.3, -0.25) is 0 Å². The molecule has 5 heteroatoms. The van der Waals surface area contributed by atoms with Crippen molar-refractivity contribution in [1.82, 2.24) is 10.1 Å². The molecule has 0 radical (unpaired) electrons. The molecule has 5 nitrogen and oxygen atoms in total. The molecule has 0 amide bonds. The van der Waals surface area contributed by atoms with Gasteiger partial charge in [-0.25, -0.2) is 0 Å².